The lowest BCUT2D eigenvalue weighted by molar-refractivity contribution is -0.138. The first kappa shape index (κ1) is 29.4. The molecule has 1 aromatic rings. The Hall–Kier alpha value is -2.59. The molecule has 0 saturated carbocycles. The van der Waals surface area contributed by atoms with Crippen molar-refractivity contribution < 1.29 is 27.5 Å². The number of halogens is 3. The summed E-state index contributed by atoms with van der Waals surface area (Å²) in [5.74, 6) is 0.115. The predicted octanol–water partition coefficient (Wildman–Crippen LogP) is 4.64. The molecule has 0 bridgehead atoms. The highest BCUT2D eigenvalue weighted by molar-refractivity contribution is 5.87. The number of nitrogens with one attached hydrogen (secondary N) is 1. The van der Waals surface area contributed by atoms with Gasteiger partial charge in [0.2, 0.25) is 11.9 Å². The van der Waals surface area contributed by atoms with Crippen LogP contribution in [0.25, 0.3) is 0 Å². The van der Waals surface area contributed by atoms with Crippen LogP contribution < -0.4 is 10.2 Å². The summed E-state index contributed by atoms with van der Waals surface area (Å²) in [6.07, 6.45) is -1.70. The van der Waals surface area contributed by atoms with E-state index in [9.17, 15) is 22.8 Å². The molecule has 1 unspecified atom stereocenters. The van der Waals surface area contributed by atoms with Gasteiger partial charge in [0, 0.05) is 38.1 Å². The van der Waals surface area contributed by atoms with Crippen LogP contribution in [0.4, 0.5) is 23.9 Å². The third-order valence-electron chi connectivity index (χ3n) is 5.08. The monoisotopic (exact) mass is 489 g/mol. The minimum absolute atomic E-state index is 0.00800. The van der Waals surface area contributed by atoms with Crippen LogP contribution in [0.15, 0.2) is 12.4 Å². The highest BCUT2D eigenvalue weighted by atomic mass is 19.4. The largest absolute Gasteiger partial charge is 0.444 e. The summed E-state index contributed by atoms with van der Waals surface area (Å²) in [5, 5.41) is 2.63. The number of carbonyl (C=O) groups excluding carboxylic acids is 2. The zero-order valence-corrected chi connectivity index (χ0v) is 21.2. The topological polar surface area (TPSA) is 87.7 Å². The van der Waals surface area contributed by atoms with Crippen molar-refractivity contribution in [3.05, 3.63) is 18.0 Å². The molecule has 1 N–H and O–H groups in total. The van der Waals surface area contributed by atoms with Crippen molar-refractivity contribution >= 4 is 17.9 Å². The summed E-state index contributed by atoms with van der Waals surface area (Å²) in [6, 6.07) is -0.593. The summed E-state index contributed by atoms with van der Waals surface area (Å²) in [5.41, 5.74) is -1.52. The fraction of sp³-hybridized carbons (Fsp3) is 0.739. The highest BCUT2D eigenvalue weighted by Gasteiger charge is 2.39. The lowest BCUT2D eigenvalue weighted by Crippen LogP contribution is -2.49. The van der Waals surface area contributed by atoms with Gasteiger partial charge >= 0.3 is 12.3 Å². The van der Waals surface area contributed by atoms with Crippen LogP contribution in [0.3, 0.4) is 0 Å². The summed E-state index contributed by atoms with van der Waals surface area (Å²) >= 11 is 0. The number of anilines is 1. The smallest absolute Gasteiger partial charge is 0.419 e. The minimum atomic E-state index is -4.47. The van der Waals surface area contributed by atoms with Gasteiger partial charge in [-0.3, -0.25) is 4.79 Å². The van der Waals surface area contributed by atoms with Gasteiger partial charge in [-0.05, 0) is 40.0 Å². The number of aromatic nitrogens is 2. The summed E-state index contributed by atoms with van der Waals surface area (Å²) in [4.78, 5) is 35.9. The van der Waals surface area contributed by atoms with Gasteiger partial charge in [-0.25, -0.2) is 14.8 Å². The zero-order valence-electron chi connectivity index (χ0n) is 21.2. The maximum Gasteiger partial charge on any atom is 0.419 e. The quantitative estimate of drug-likeness (QED) is 0.666. The molecule has 1 aromatic heterocycles. The molecule has 11 heteroatoms. The van der Waals surface area contributed by atoms with Crippen LogP contribution in [-0.4, -0.2) is 64.2 Å². The highest BCUT2D eigenvalue weighted by Crippen LogP contribution is 2.29. The van der Waals surface area contributed by atoms with E-state index in [4.69, 9.17) is 4.74 Å². The first-order valence-corrected chi connectivity index (χ1v) is 11.9. The zero-order chi connectivity index (χ0) is 26.1. The van der Waals surface area contributed by atoms with Gasteiger partial charge in [-0.2, -0.15) is 13.2 Å². The first-order valence-electron chi connectivity index (χ1n) is 11.9. The number of alkyl carbamates (subject to hydrolysis) is 1. The van der Waals surface area contributed by atoms with Crippen LogP contribution in [0, 0.1) is 0 Å². The lowest BCUT2D eigenvalue weighted by Gasteiger charge is -2.36. The van der Waals surface area contributed by atoms with E-state index in [-0.39, 0.29) is 17.9 Å². The van der Waals surface area contributed by atoms with Crippen molar-refractivity contribution in [1.29, 1.82) is 0 Å². The van der Waals surface area contributed by atoms with Crippen molar-refractivity contribution in [1.82, 2.24) is 20.2 Å². The second-order valence-corrected chi connectivity index (χ2v) is 8.51. The second kappa shape index (κ2) is 12.8. The van der Waals surface area contributed by atoms with E-state index in [2.05, 4.69) is 15.3 Å². The number of nitrogens with zero attached hydrogens (tertiary/aromatic N) is 4. The van der Waals surface area contributed by atoms with E-state index >= 15 is 0 Å². The Morgan fingerprint density at radius 2 is 1.53 bits per heavy atom. The third kappa shape index (κ3) is 8.32. The molecule has 2 aliphatic rings. The van der Waals surface area contributed by atoms with Gasteiger partial charge in [-0.15, -0.1) is 0 Å². The van der Waals surface area contributed by atoms with Gasteiger partial charge in [0.25, 0.3) is 0 Å². The van der Waals surface area contributed by atoms with Crippen molar-refractivity contribution in [3.63, 3.8) is 0 Å². The van der Waals surface area contributed by atoms with E-state index in [1.807, 2.05) is 32.6 Å². The molecular formula is C23H38F3N5O3. The summed E-state index contributed by atoms with van der Waals surface area (Å²) in [7, 11) is 0. The molecule has 2 aliphatic heterocycles. The van der Waals surface area contributed by atoms with Gasteiger partial charge in [0.1, 0.15) is 11.6 Å². The summed E-state index contributed by atoms with van der Waals surface area (Å²) < 4.78 is 43.2. The van der Waals surface area contributed by atoms with E-state index in [1.165, 1.54) is 0 Å². The van der Waals surface area contributed by atoms with Crippen molar-refractivity contribution in [2.75, 3.05) is 24.5 Å². The molecular weight excluding hydrogens is 451 g/mol. The lowest BCUT2D eigenvalue weighted by atomic mass is 10.0. The molecule has 0 radical (unpaired) electrons. The number of rotatable bonds is 3. The number of likely N-dealkylation sites (tertiary alicyclic amines) is 1. The van der Waals surface area contributed by atoms with Crippen molar-refractivity contribution in [2.45, 2.75) is 91.6 Å². The molecule has 0 spiro atoms. The SMILES string of the molecule is CC.CC.CC(C)(C)OC(=O)NC1CCN(C2CCN(c3ncc(C(F)(F)F)cn3)CC2)C1=O. The molecule has 0 aromatic carbocycles. The molecule has 34 heavy (non-hydrogen) atoms. The number of amides is 2. The molecule has 2 amide bonds. The van der Waals surface area contributed by atoms with Gasteiger partial charge in [0.05, 0.1) is 5.56 Å². The Morgan fingerprint density at radius 1 is 1.00 bits per heavy atom. The van der Waals surface area contributed by atoms with Crippen LogP contribution in [0.5, 0.6) is 0 Å². The first-order chi connectivity index (χ1) is 15.9. The molecule has 3 rings (SSSR count). The van der Waals surface area contributed by atoms with Crippen LogP contribution in [-0.2, 0) is 15.7 Å². The van der Waals surface area contributed by atoms with Crippen LogP contribution in [0.2, 0.25) is 0 Å². The van der Waals surface area contributed by atoms with E-state index in [0.29, 0.717) is 38.9 Å². The number of piperidine rings is 1. The van der Waals surface area contributed by atoms with Gasteiger partial charge in [-0.1, -0.05) is 27.7 Å². The standard InChI is InChI=1S/C19H26F3N5O3.2C2H6/c1-18(2,3)30-17(29)25-14-6-9-27(15(14)28)13-4-7-26(8-5-13)16-23-10-12(11-24-16)19(20,21)22;2*1-2/h10-11,13-14H,4-9H2,1-3H3,(H,25,29);2*1-2H3. The molecule has 194 valence electrons. The third-order valence-corrected chi connectivity index (χ3v) is 5.08. The summed E-state index contributed by atoms with van der Waals surface area (Å²) in [6.45, 7) is 14.9. The second-order valence-electron chi connectivity index (χ2n) is 8.51. The Bertz CT molecular complexity index is 774. The van der Waals surface area contributed by atoms with Crippen LogP contribution >= 0.6 is 0 Å². The molecule has 8 nitrogen and oxygen atoms in total. The van der Waals surface area contributed by atoms with E-state index in [1.54, 1.807) is 25.7 Å². The maximum atomic E-state index is 12.7. The molecule has 2 saturated heterocycles. The Balaban J connectivity index is 0.00000137. The fourth-order valence-electron chi connectivity index (χ4n) is 3.66. The van der Waals surface area contributed by atoms with E-state index in [0.717, 1.165) is 12.4 Å². The minimum Gasteiger partial charge on any atom is -0.444 e. The number of ether oxygens (including phenoxy) is 1. The van der Waals surface area contributed by atoms with Crippen molar-refractivity contribution in [2.24, 2.45) is 0 Å². The number of hydrogen-bond acceptors (Lipinski definition) is 6. The molecule has 1 atom stereocenters. The number of alkyl halides is 3. The average molecular weight is 490 g/mol. The number of hydrogen-bond donors (Lipinski definition) is 1. The van der Waals surface area contributed by atoms with E-state index < -0.39 is 29.5 Å². The molecule has 3 heterocycles. The van der Waals surface area contributed by atoms with Gasteiger partial charge < -0.3 is 19.9 Å². The number of carbonyl (C=O) groups is 2. The van der Waals surface area contributed by atoms with Crippen molar-refractivity contribution in [3.8, 4) is 0 Å². The average Bonchev–Trinajstić information content (AvgIpc) is 3.15. The normalized spacial score (nSPS) is 19.0. The Kier molecular flexibility index (Phi) is 11.0. The predicted molar refractivity (Wildman–Crippen MR) is 124 cm³/mol. The Morgan fingerprint density at radius 3 is 2.00 bits per heavy atom. The van der Waals surface area contributed by atoms with Gasteiger partial charge in [0.15, 0.2) is 0 Å². The fourth-order valence-corrected chi connectivity index (χ4v) is 3.66. The molecule has 0 aliphatic carbocycles. The molecule has 2 fully saturated rings. The maximum absolute atomic E-state index is 12.7. The Labute approximate surface area is 200 Å². The van der Waals surface area contributed by atoms with Crippen LogP contribution in [0.1, 0.15) is 73.3 Å².